The number of nitrogens with two attached hydrogens (primary N) is 1. The van der Waals surface area contributed by atoms with Crippen LogP contribution in [0.15, 0.2) is 29.3 Å². The van der Waals surface area contributed by atoms with Crippen LogP contribution in [0.2, 0.25) is 0 Å². The van der Waals surface area contributed by atoms with E-state index in [0.717, 1.165) is 19.4 Å². The van der Waals surface area contributed by atoms with E-state index in [1.165, 1.54) is 6.07 Å². The summed E-state index contributed by atoms with van der Waals surface area (Å²) in [6, 6.07) is 6.85. The van der Waals surface area contributed by atoms with Gasteiger partial charge in [0, 0.05) is 18.7 Å². The van der Waals surface area contributed by atoms with Crippen molar-refractivity contribution in [3.05, 3.63) is 35.6 Å². The fourth-order valence-corrected chi connectivity index (χ4v) is 3.07. The number of hydrogen-bond donors (Lipinski definition) is 1. The molecule has 2 unspecified atom stereocenters. The predicted molar refractivity (Wildman–Crippen MR) is 75.9 cm³/mol. The van der Waals surface area contributed by atoms with Gasteiger partial charge in [-0.3, -0.25) is 4.99 Å². The summed E-state index contributed by atoms with van der Waals surface area (Å²) in [6.07, 6.45) is 2.26. The summed E-state index contributed by atoms with van der Waals surface area (Å²) in [7, 11) is 0. The summed E-state index contributed by atoms with van der Waals surface area (Å²) in [5.41, 5.74) is 6.13. The first kappa shape index (κ1) is 13.4. The highest BCUT2D eigenvalue weighted by atomic mass is 19.1. The number of benzene rings is 1. The average molecular weight is 277 g/mol. The van der Waals surface area contributed by atoms with E-state index in [1.807, 2.05) is 24.0 Å². The van der Waals surface area contributed by atoms with Crippen molar-refractivity contribution in [2.75, 3.05) is 19.7 Å². The first-order valence-electron chi connectivity index (χ1n) is 7.05. The SMILES string of the molecule is CC1(c2ccccc2F)CN=C(N)N1CC1CCCO1. The quantitative estimate of drug-likeness (QED) is 0.917. The van der Waals surface area contributed by atoms with Gasteiger partial charge in [-0.1, -0.05) is 18.2 Å². The van der Waals surface area contributed by atoms with Gasteiger partial charge in [-0.15, -0.1) is 0 Å². The van der Waals surface area contributed by atoms with Gasteiger partial charge >= 0.3 is 0 Å². The Morgan fingerprint density at radius 2 is 2.30 bits per heavy atom. The Hall–Kier alpha value is -1.62. The van der Waals surface area contributed by atoms with Gasteiger partial charge in [-0.25, -0.2) is 4.39 Å². The van der Waals surface area contributed by atoms with Gasteiger partial charge in [0.25, 0.3) is 0 Å². The zero-order valence-corrected chi connectivity index (χ0v) is 11.7. The molecule has 1 fully saturated rings. The molecule has 108 valence electrons. The zero-order valence-electron chi connectivity index (χ0n) is 11.7. The molecule has 3 rings (SSSR count). The average Bonchev–Trinajstić information content (AvgIpc) is 3.04. The molecule has 4 nitrogen and oxygen atoms in total. The number of ether oxygens (including phenoxy) is 1. The molecular formula is C15H20FN3O. The molecule has 2 aliphatic heterocycles. The van der Waals surface area contributed by atoms with E-state index in [4.69, 9.17) is 10.5 Å². The van der Waals surface area contributed by atoms with E-state index in [9.17, 15) is 4.39 Å². The fraction of sp³-hybridized carbons (Fsp3) is 0.533. The van der Waals surface area contributed by atoms with Crippen molar-refractivity contribution in [3.63, 3.8) is 0 Å². The first-order valence-corrected chi connectivity index (χ1v) is 7.05. The molecule has 0 aromatic heterocycles. The lowest BCUT2D eigenvalue weighted by molar-refractivity contribution is 0.0682. The summed E-state index contributed by atoms with van der Waals surface area (Å²) in [4.78, 5) is 6.32. The van der Waals surface area contributed by atoms with Crippen molar-refractivity contribution in [3.8, 4) is 0 Å². The summed E-state index contributed by atoms with van der Waals surface area (Å²) < 4.78 is 19.8. The molecule has 2 N–H and O–H groups in total. The molecule has 0 amide bonds. The molecule has 20 heavy (non-hydrogen) atoms. The van der Waals surface area contributed by atoms with Gasteiger partial charge in [0.05, 0.1) is 18.2 Å². The second-order valence-electron chi connectivity index (χ2n) is 5.67. The van der Waals surface area contributed by atoms with E-state index in [-0.39, 0.29) is 11.9 Å². The van der Waals surface area contributed by atoms with Gasteiger partial charge in [-0.2, -0.15) is 0 Å². The van der Waals surface area contributed by atoms with E-state index in [1.54, 1.807) is 6.07 Å². The second-order valence-corrected chi connectivity index (χ2v) is 5.67. The molecule has 0 radical (unpaired) electrons. The standard InChI is InChI=1S/C15H20FN3O/c1-15(12-6-2-3-7-13(12)16)10-18-14(17)19(15)9-11-5-4-8-20-11/h2-3,6-7,11H,4-5,8-10H2,1H3,(H2,17,18). The van der Waals surface area contributed by atoms with Crippen molar-refractivity contribution in [1.29, 1.82) is 0 Å². The van der Waals surface area contributed by atoms with Crippen LogP contribution >= 0.6 is 0 Å². The van der Waals surface area contributed by atoms with E-state index in [2.05, 4.69) is 4.99 Å². The Bertz CT molecular complexity index is 528. The minimum Gasteiger partial charge on any atom is -0.376 e. The monoisotopic (exact) mass is 277 g/mol. The lowest BCUT2D eigenvalue weighted by Crippen LogP contribution is -2.50. The molecule has 0 saturated carbocycles. The van der Waals surface area contributed by atoms with Gasteiger partial charge in [0.2, 0.25) is 0 Å². The van der Waals surface area contributed by atoms with Crippen LogP contribution in [0.4, 0.5) is 4.39 Å². The smallest absolute Gasteiger partial charge is 0.192 e. The van der Waals surface area contributed by atoms with E-state index < -0.39 is 5.54 Å². The van der Waals surface area contributed by atoms with Crippen LogP contribution in [0.3, 0.4) is 0 Å². The number of nitrogens with zero attached hydrogens (tertiary/aromatic N) is 2. The number of hydrogen-bond acceptors (Lipinski definition) is 4. The van der Waals surface area contributed by atoms with Gasteiger partial charge in [-0.05, 0) is 25.8 Å². The molecule has 1 saturated heterocycles. The summed E-state index contributed by atoms with van der Waals surface area (Å²) >= 11 is 0. The Morgan fingerprint density at radius 3 is 3.00 bits per heavy atom. The maximum atomic E-state index is 14.2. The molecule has 2 atom stereocenters. The largest absolute Gasteiger partial charge is 0.376 e. The minimum atomic E-state index is -0.526. The van der Waals surface area contributed by atoms with Crippen LogP contribution in [-0.2, 0) is 10.3 Å². The third kappa shape index (κ3) is 2.16. The Morgan fingerprint density at radius 1 is 1.50 bits per heavy atom. The van der Waals surface area contributed by atoms with Gasteiger partial charge in [0.15, 0.2) is 5.96 Å². The van der Waals surface area contributed by atoms with Crippen molar-refractivity contribution in [1.82, 2.24) is 4.90 Å². The highest BCUT2D eigenvalue weighted by molar-refractivity contribution is 5.81. The summed E-state index contributed by atoms with van der Waals surface area (Å²) in [6.45, 7) is 3.93. The van der Waals surface area contributed by atoms with Gasteiger partial charge in [0.1, 0.15) is 5.82 Å². The third-order valence-corrected chi connectivity index (χ3v) is 4.29. The minimum absolute atomic E-state index is 0.160. The van der Waals surface area contributed by atoms with E-state index in [0.29, 0.717) is 24.6 Å². The van der Waals surface area contributed by atoms with Crippen molar-refractivity contribution in [2.45, 2.75) is 31.4 Å². The number of aliphatic imine (C=N–C) groups is 1. The Kier molecular flexibility index (Phi) is 3.38. The number of rotatable bonds is 3. The lowest BCUT2D eigenvalue weighted by Gasteiger charge is -2.38. The molecular weight excluding hydrogens is 257 g/mol. The molecule has 2 heterocycles. The maximum absolute atomic E-state index is 14.2. The van der Waals surface area contributed by atoms with Crippen LogP contribution < -0.4 is 5.73 Å². The molecule has 0 spiro atoms. The third-order valence-electron chi connectivity index (χ3n) is 4.29. The van der Waals surface area contributed by atoms with Crippen molar-refractivity contribution >= 4 is 5.96 Å². The molecule has 1 aromatic carbocycles. The zero-order chi connectivity index (χ0) is 14.2. The fourth-order valence-electron chi connectivity index (χ4n) is 3.07. The van der Waals surface area contributed by atoms with E-state index >= 15 is 0 Å². The predicted octanol–water partition coefficient (Wildman–Crippen LogP) is 1.85. The topological polar surface area (TPSA) is 50.8 Å². The Labute approximate surface area is 118 Å². The lowest BCUT2D eigenvalue weighted by atomic mass is 9.90. The van der Waals surface area contributed by atoms with Crippen molar-refractivity contribution < 1.29 is 9.13 Å². The summed E-state index contributed by atoms with van der Waals surface area (Å²) in [5, 5.41) is 0. The van der Waals surface area contributed by atoms with Gasteiger partial charge < -0.3 is 15.4 Å². The van der Waals surface area contributed by atoms with Crippen LogP contribution in [0, 0.1) is 5.82 Å². The van der Waals surface area contributed by atoms with Crippen LogP contribution in [0.1, 0.15) is 25.3 Å². The maximum Gasteiger partial charge on any atom is 0.192 e. The van der Waals surface area contributed by atoms with Crippen LogP contribution in [0.5, 0.6) is 0 Å². The molecule has 5 heteroatoms. The molecule has 0 aliphatic carbocycles. The highest BCUT2D eigenvalue weighted by Crippen LogP contribution is 2.35. The molecule has 0 bridgehead atoms. The normalized spacial score (nSPS) is 29.8. The van der Waals surface area contributed by atoms with Crippen molar-refractivity contribution in [2.24, 2.45) is 10.7 Å². The second kappa shape index (κ2) is 5.05. The van der Waals surface area contributed by atoms with Crippen LogP contribution in [0.25, 0.3) is 0 Å². The highest BCUT2D eigenvalue weighted by Gasteiger charge is 2.42. The number of guanidine groups is 1. The molecule has 2 aliphatic rings. The Balaban J connectivity index is 1.89. The first-order chi connectivity index (χ1) is 9.61. The summed E-state index contributed by atoms with van der Waals surface area (Å²) in [5.74, 6) is 0.267. The molecule has 1 aromatic rings. The number of halogens is 1. The van der Waals surface area contributed by atoms with Crippen LogP contribution in [-0.4, -0.2) is 36.7 Å².